The second kappa shape index (κ2) is 5.20. The molecule has 106 valence electrons. The van der Waals surface area contributed by atoms with E-state index in [1.54, 1.807) is 0 Å². The summed E-state index contributed by atoms with van der Waals surface area (Å²) in [5.41, 5.74) is 0.364. The summed E-state index contributed by atoms with van der Waals surface area (Å²) in [5.74, 6) is -1.12. The summed E-state index contributed by atoms with van der Waals surface area (Å²) in [6.07, 6.45) is 0. The second-order valence-electron chi connectivity index (χ2n) is 4.03. The number of carboxylic acids is 1. The summed E-state index contributed by atoms with van der Waals surface area (Å²) in [6.45, 7) is 0. The lowest BCUT2D eigenvalue weighted by atomic mass is 10.1. The van der Waals surface area contributed by atoms with Gasteiger partial charge in [-0.3, -0.25) is 4.68 Å². The number of hydrogen-bond donors (Lipinski definition) is 1. The summed E-state index contributed by atoms with van der Waals surface area (Å²) in [4.78, 5) is 10.9. The van der Waals surface area contributed by atoms with Crippen LogP contribution in [0.5, 0.6) is 11.5 Å². The van der Waals surface area contributed by atoms with Gasteiger partial charge in [-0.2, -0.15) is 5.10 Å². The third-order valence-electron chi connectivity index (χ3n) is 2.85. The van der Waals surface area contributed by atoms with Gasteiger partial charge in [0.2, 0.25) is 0 Å². The van der Waals surface area contributed by atoms with Gasteiger partial charge in [-0.15, -0.1) is 0 Å². The first-order valence-electron chi connectivity index (χ1n) is 5.67. The summed E-state index contributed by atoms with van der Waals surface area (Å²) < 4.78 is 25.5. The Labute approximate surface area is 114 Å². The quantitative estimate of drug-likeness (QED) is 0.926. The fourth-order valence-corrected chi connectivity index (χ4v) is 1.87. The van der Waals surface area contributed by atoms with Crippen LogP contribution in [-0.4, -0.2) is 35.1 Å². The summed E-state index contributed by atoms with van der Waals surface area (Å²) in [5, 5.41) is 12.7. The van der Waals surface area contributed by atoms with Gasteiger partial charge in [0.25, 0.3) is 0 Å². The van der Waals surface area contributed by atoms with Crippen LogP contribution in [0.2, 0.25) is 0 Å². The number of aromatic nitrogens is 2. The first-order chi connectivity index (χ1) is 9.47. The number of hydrogen-bond acceptors (Lipinski definition) is 4. The molecular formula is C13H13FN2O4. The number of ether oxygens (including phenoxy) is 2. The van der Waals surface area contributed by atoms with Crippen LogP contribution in [0.4, 0.5) is 4.39 Å². The van der Waals surface area contributed by atoms with Crippen molar-refractivity contribution in [1.82, 2.24) is 9.78 Å². The summed E-state index contributed by atoms with van der Waals surface area (Å²) in [6, 6.07) is 3.92. The van der Waals surface area contributed by atoms with Crippen molar-refractivity contribution in [2.45, 2.75) is 0 Å². The number of aryl methyl sites for hydroxylation is 1. The van der Waals surface area contributed by atoms with E-state index in [0.717, 1.165) is 0 Å². The molecule has 0 bridgehead atoms. The van der Waals surface area contributed by atoms with Crippen molar-refractivity contribution in [3.63, 3.8) is 0 Å². The molecule has 0 saturated heterocycles. The van der Waals surface area contributed by atoms with Crippen LogP contribution in [0.3, 0.4) is 0 Å². The number of rotatable bonds is 4. The Bertz CT molecular complexity index is 667. The second-order valence-corrected chi connectivity index (χ2v) is 4.03. The molecule has 0 amide bonds. The Morgan fingerprint density at radius 2 is 1.85 bits per heavy atom. The predicted molar refractivity (Wildman–Crippen MR) is 68.7 cm³/mol. The molecule has 0 spiro atoms. The zero-order chi connectivity index (χ0) is 14.9. The first kappa shape index (κ1) is 13.9. The number of benzene rings is 1. The number of nitrogens with zero attached hydrogens (tertiary/aromatic N) is 2. The molecule has 1 heterocycles. The van der Waals surface area contributed by atoms with Gasteiger partial charge >= 0.3 is 5.97 Å². The number of carboxylic acid groups (broad SMARTS) is 1. The summed E-state index contributed by atoms with van der Waals surface area (Å²) >= 11 is 0. The molecule has 0 saturated carbocycles. The van der Waals surface area contributed by atoms with Crippen LogP contribution >= 0.6 is 0 Å². The average molecular weight is 280 g/mol. The molecule has 1 aromatic carbocycles. The van der Waals surface area contributed by atoms with Crippen molar-refractivity contribution in [2.75, 3.05) is 14.2 Å². The van der Waals surface area contributed by atoms with Crippen LogP contribution in [0.15, 0.2) is 18.2 Å². The van der Waals surface area contributed by atoms with Crippen molar-refractivity contribution in [1.29, 1.82) is 0 Å². The molecule has 0 atom stereocenters. The maximum absolute atomic E-state index is 14.1. The highest BCUT2D eigenvalue weighted by molar-refractivity contribution is 5.87. The number of carbonyl (C=O) groups is 1. The van der Waals surface area contributed by atoms with Crippen molar-refractivity contribution in [3.05, 3.63) is 29.7 Å². The van der Waals surface area contributed by atoms with Gasteiger partial charge in [-0.05, 0) is 12.1 Å². The molecular weight excluding hydrogens is 267 g/mol. The van der Waals surface area contributed by atoms with E-state index in [1.165, 1.54) is 44.1 Å². The Balaban J connectivity index is 2.60. The van der Waals surface area contributed by atoms with Crippen LogP contribution in [0, 0.1) is 5.82 Å². The molecule has 20 heavy (non-hydrogen) atoms. The molecule has 2 rings (SSSR count). The maximum atomic E-state index is 14.1. The average Bonchev–Trinajstić information content (AvgIpc) is 2.80. The third-order valence-corrected chi connectivity index (χ3v) is 2.85. The van der Waals surface area contributed by atoms with Gasteiger partial charge in [0.1, 0.15) is 5.82 Å². The molecule has 2 aromatic rings. The molecule has 7 heteroatoms. The molecule has 0 aliphatic rings. The largest absolute Gasteiger partial charge is 0.493 e. The zero-order valence-electron chi connectivity index (χ0n) is 11.2. The lowest BCUT2D eigenvalue weighted by Gasteiger charge is -2.11. The standard InChI is InChI=1S/C13H13FN2O4/c1-16-10(6-9(15-16)13(17)18)7-4-11(19-2)12(20-3)5-8(7)14/h4-6H,1-3H3,(H,17,18). The van der Waals surface area contributed by atoms with Gasteiger partial charge in [0.15, 0.2) is 17.2 Å². The Morgan fingerprint density at radius 1 is 1.25 bits per heavy atom. The molecule has 0 aliphatic heterocycles. The molecule has 1 N–H and O–H groups in total. The SMILES string of the molecule is COc1cc(F)c(-c2cc(C(=O)O)nn2C)cc1OC. The molecule has 0 aliphatic carbocycles. The van der Waals surface area contributed by atoms with Crippen molar-refractivity contribution in [3.8, 4) is 22.8 Å². The van der Waals surface area contributed by atoms with Crippen LogP contribution in [-0.2, 0) is 7.05 Å². The van der Waals surface area contributed by atoms with E-state index in [9.17, 15) is 9.18 Å². The van der Waals surface area contributed by atoms with Crippen molar-refractivity contribution in [2.24, 2.45) is 7.05 Å². The highest BCUT2D eigenvalue weighted by Gasteiger charge is 2.18. The molecule has 0 unspecified atom stereocenters. The van der Waals surface area contributed by atoms with Crippen molar-refractivity contribution >= 4 is 5.97 Å². The van der Waals surface area contributed by atoms with E-state index in [4.69, 9.17) is 14.6 Å². The van der Waals surface area contributed by atoms with Gasteiger partial charge in [0, 0.05) is 18.7 Å². The molecule has 6 nitrogen and oxygen atoms in total. The predicted octanol–water partition coefficient (Wildman–Crippen LogP) is 1.94. The fraction of sp³-hybridized carbons (Fsp3) is 0.231. The zero-order valence-corrected chi connectivity index (χ0v) is 11.2. The van der Waals surface area contributed by atoms with E-state index in [0.29, 0.717) is 11.4 Å². The maximum Gasteiger partial charge on any atom is 0.356 e. The normalized spacial score (nSPS) is 10.4. The van der Waals surface area contributed by atoms with E-state index in [-0.39, 0.29) is 17.0 Å². The minimum atomic E-state index is -1.17. The highest BCUT2D eigenvalue weighted by Crippen LogP contribution is 2.34. The topological polar surface area (TPSA) is 73.6 Å². The Kier molecular flexibility index (Phi) is 3.60. The van der Waals surface area contributed by atoms with E-state index in [2.05, 4.69) is 5.10 Å². The Hall–Kier alpha value is -2.57. The van der Waals surface area contributed by atoms with Gasteiger partial charge in [0.05, 0.1) is 19.9 Å². The van der Waals surface area contributed by atoms with Crippen LogP contribution in [0.25, 0.3) is 11.3 Å². The van der Waals surface area contributed by atoms with E-state index >= 15 is 0 Å². The van der Waals surface area contributed by atoms with Gasteiger partial charge in [-0.1, -0.05) is 0 Å². The van der Waals surface area contributed by atoms with Crippen LogP contribution in [0.1, 0.15) is 10.5 Å². The number of halogens is 1. The minimum absolute atomic E-state index is 0.156. The first-order valence-corrected chi connectivity index (χ1v) is 5.67. The molecule has 0 fully saturated rings. The van der Waals surface area contributed by atoms with Gasteiger partial charge in [-0.25, -0.2) is 9.18 Å². The van der Waals surface area contributed by atoms with Crippen molar-refractivity contribution < 1.29 is 23.8 Å². The van der Waals surface area contributed by atoms with Crippen LogP contribution < -0.4 is 9.47 Å². The van der Waals surface area contributed by atoms with E-state index in [1.807, 2.05) is 0 Å². The summed E-state index contributed by atoms with van der Waals surface area (Å²) in [7, 11) is 4.38. The highest BCUT2D eigenvalue weighted by atomic mass is 19.1. The van der Waals surface area contributed by atoms with E-state index < -0.39 is 11.8 Å². The minimum Gasteiger partial charge on any atom is -0.493 e. The number of methoxy groups -OCH3 is 2. The molecule has 0 radical (unpaired) electrons. The lowest BCUT2D eigenvalue weighted by molar-refractivity contribution is 0.0689. The molecule has 1 aromatic heterocycles. The third kappa shape index (κ3) is 2.29. The monoisotopic (exact) mass is 280 g/mol. The number of aromatic carboxylic acids is 1. The Morgan fingerprint density at radius 3 is 2.35 bits per heavy atom. The lowest BCUT2D eigenvalue weighted by Crippen LogP contribution is -2.00. The fourth-order valence-electron chi connectivity index (χ4n) is 1.87. The smallest absolute Gasteiger partial charge is 0.356 e. The van der Waals surface area contributed by atoms with Gasteiger partial charge < -0.3 is 14.6 Å².